The van der Waals surface area contributed by atoms with Gasteiger partial charge in [0.1, 0.15) is 12.2 Å². The van der Waals surface area contributed by atoms with E-state index in [2.05, 4.69) is 27.7 Å². The summed E-state index contributed by atoms with van der Waals surface area (Å²) < 4.78 is 17.6. The third kappa shape index (κ3) is 3.44. The lowest BCUT2D eigenvalue weighted by Crippen LogP contribution is -2.60. The predicted octanol–water partition coefficient (Wildman–Crippen LogP) is 2.89. The standard InChI is InChI=1S/C23H38O6/c1-11-7-8-14-16(11)17-15(22(17,4)5)9-10-23(14,6)29-21-19(26)18(25)20(12(2)27-21)28-13(3)24/h11-12,14-21,25-26H,7-10H2,1-6H3. The molecule has 6 heteroatoms. The molecule has 0 aromatic rings. The average molecular weight is 411 g/mol. The van der Waals surface area contributed by atoms with Crippen molar-refractivity contribution in [2.75, 3.05) is 0 Å². The maximum absolute atomic E-state index is 11.3. The number of carbonyl (C=O) groups excluding carboxylic acids is 1. The summed E-state index contributed by atoms with van der Waals surface area (Å²) in [5.41, 5.74) is 0.0317. The van der Waals surface area contributed by atoms with Crippen LogP contribution in [-0.2, 0) is 19.0 Å². The molecule has 6 nitrogen and oxygen atoms in total. The van der Waals surface area contributed by atoms with Crippen LogP contribution in [0.1, 0.15) is 67.2 Å². The van der Waals surface area contributed by atoms with Gasteiger partial charge in [0, 0.05) is 6.92 Å². The van der Waals surface area contributed by atoms with Crippen molar-refractivity contribution in [2.24, 2.45) is 35.0 Å². The number of fused-ring (bicyclic) bond motifs is 3. The fourth-order valence-electron chi connectivity index (χ4n) is 7.14. The van der Waals surface area contributed by atoms with Crippen molar-refractivity contribution in [1.82, 2.24) is 0 Å². The van der Waals surface area contributed by atoms with Gasteiger partial charge < -0.3 is 24.4 Å². The minimum Gasteiger partial charge on any atom is -0.457 e. The lowest BCUT2D eigenvalue weighted by molar-refractivity contribution is -0.328. The molecule has 4 aliphatic rings. The van der Waals surface area contributed by atoms with E-state index in [-0.39, 0.29) is 0 Å². The predicted molar refractivity (Wildman–Crippen MR) is 107 cm³/mol. The van der Waals surface area contributed by atoms with Crippen LogP contribution in [0.5, 0.6) is 0 Å². The van der Waals surface area contributed by atoms with Gasteiger partial charge in [0.05, 0.1) is 11.7 Å². The van der Waals surface area contributed by atoms with Gasteiger partial charge in [0.2, 0.25) is 0 Å². The number of hydrogen-bond donors (Lipinski definition) is 2. The van der Waals surface area contributed by atoms with Crippen LogP contribution in [0.4, 0.5) is 0 Å². The molecule has 0 spiro atoms. The van der Waals surface area contributed by atoms with Gasteiger partial charge in [-0.1, -0.05) is 27.2 Å². The second kappa shape index (κ2) is 7.18. The SMILES string of the molecule is CC(=O)OC1C(C)OC(OC2(C)CCC3C(C4C(C)CCC42)C3(C)C)C(O)C1O. The molecule has 1 saturated heterocycles. The van der Waals surface area contributed by atoms with E-state index in [1.54, 1.807) is 6.92 Å². The zero-order valence-corrected chi connectivity index (χ0v) is 18.6. The molecule has 3 aliphatic carbocycles. The number of esters is 1. The smallest absolute Gasteiger partial charge is 0.303 e. The molecule has 3 saturated carbocycles. The van der Waals surface area contributed by atoms with Crippen LogP contribution in [0.15, 0.2) is 0 Å². The number of aliphatic hydroxyl groups is 2. The van der Waals surface area contributed by atoms with Gasteiger partial charge in [-0.3, -0.25) is 4.79 Å². The molecule has 0 aromatic heterocycles. The molecule has 11 atom stereocenters. The molecule has 1 aliphatic heterocycles. The topological polar surface area (TPSA) is 85.2 Å². The largest absolute Gasteiger partial charge is 0.457 e. The maximum atomic E-state index is 11.3. The summed E-state index contributed by atoms with van der Waals surface area (Å²) >= 11 is 0. The maximum Gasteiger partial charge on any atom is 0.303 e. The molecule has 1 heterocycles. The molecule has 0 aromatic carbocycles. The average Bonchev–Trinajstić information content (AvgIpc) is 3.00. The van der Waals surface area contributed by atoms with Gasteiger partial charge in [-0.15, -0.1) is 0 Å². The number of rotatable bonds is 3. The number of carbonyl (C=O) groups is 1. The van der Waals surface area contributed by atoms with Crippen LogP contribution in [0, 0.1) is 35.0 Å². The number of ether oxygens (including phenoxy) is 3. The Morgan fingerprint density at radius 2 is 1.72 bits per heavy atom. The third-order valence-electron chi connectivity index (χ3n) is 8.81. The van der Waals surface area contributed by atoms with E-state index in [4.69, 9.17) is 14.2 Å². The summed E-state index contributed by atoms with van der Waals surface area (Å²) in [6.45, 7) is 12.4. The first-order chi connectivity index (χ1) is 13.5. The van der Waals surface area contributed by atoms with Gasteiger partial charge in [0.15, 0.2) is 12.4 Å². The van der Waals surface area contributed by atoms with Crippen LogP contribution < -0.4 is 0 Å². The Balaban J connectivity index is 1.52. The van der Waals surface area contributed by atoms with Crippen LogP contribution in [0.2, 0.25) is 0 Å². The minimum absolute atomic E-state index is 0.391. The highest BCUT2D eigenvalue weighted by Gasteiger charge is 2.67. The second-order valence-electron chi connectivity index (χ2n) is 10.9. The molecular weight excluding hydrogens is 372 g/mol. The van der Waals surface area contributed by atoms with Gasteiger partial charge in [-0.2, -0.15) is 0 Å². The summed E-state index contributed by atoms with van der Waals surface area (Å²) in [5, 5.41) is 21.3. The monoisotopic (exact) mass is 410 g/mol. The highest BCUT2D eigenvalue weighted by Crippen LogP contribution is 2.71. The van der Waals surface area contributed by atoms with Crippen LogP contribution >= 0.6 is 0 Å². The van der Waals surface area contributed by atoms with Crippen LogP contribution in [-0.4, -0.2) is 52.5 Å². The van der Waals surface area contributed by atoms with Crippen LogP contribution in [0.25, 0.3) is 0 Å². The summed E-state index contributed by atoms with van der Waals surface area (Å²) in [4.78, 5) is 11.3. The van der Waals surface area contributed by atoms with Crippen molar-refractivity contribution in [2.45, 2.75) is 104 Å². The zero-order chi connectivity index (χ0) is 21.3. The van der Waals surface area contributed by atoms with Crippen molar-refractivity contribution in [3.05, 3.63) is 0 Å². The van der Waals surface area contributed by atoms with Gasteiger partial charge in [0.25, 0.3) is 0 Å². The normalized spacial score (nSPS) is 53.5. The van der Waals surface area contributed by atoms with E-state index >= 15 is 0 Å². The molecule has 0 radical (unpaired) electrons. The Hall–Kier alpha value is -0.690. The Bertz CT molecular complexity index is 649. The molecule has 166 valence electrons. The van der Waals surface area contributed by atoms with E-state index in [1.807, 2.05) is 0 Å². The number of aliphatic hydroxyl groups excluding tert-OH is 2. The van der Waals surface area contributed by atoms with Crippen molar-refractivity contribution >= 4 is 5.97 Å². The fraction of sp³-hybridized carbons (Fsp3) is 0.957. The second-order valence-corrected chi connectivity index (χ2v) is 10.9. The minimum atomic E-state index is -1.25. The van der Waals surface area contributed by atoms with Gasteiger partial charge in [-0.05, 0) is 68.1 Å². The third-order valence-corrected chi connectivity index (χ3v) is 8.81. The summed E-state index contributed by atoms with van der Waals surface area (Å²) in [5.74, 6) is 2.76. The summed E-state index contributed by atoms with van der Waals surface area (Å²) in [7, 11) is 0. The zero-order valence-electron chi connectivity index (χ0n) is 18.6. The highest BCUT2D eigenvalue weighted by molar-refractivity contribution is 5.66. The van der Waals surface area contributed by atoms with Crippen molar-refractivity contribution in [3.8, 4) is 0 Å². The van der Waals surface area contributed by atoms with E-state index in [0.29, 0.717) is 23.2 Å². The first kappa shape index (κ1) is 21.5. The molecule has 0 bridgehead atoms. The molecule has 4 rings (SSSR count). The molecule has 11 unspecified atom stereocenters. The van der Waals surface area contributed by atoms with E-state index in [1.165, 1.54) is 13.3 Å². The Morgan fingerprint density at radius 1 is 1.03 bits per heavy atom. The van der Waals surface area contributed by atoms with Crippen molar-refractivity contribution in [3.63, 3.8) is 0 Å². The Kier molecular flexibility index (Phi) is 5.33. The molecular formula is C23H38O6. The van der Waals surface area contributed by atoms with Gasteiger partial charge >= 0.3 is 5.97 Å². The quantitative estimate of drug-likeness (QED) is 0.696. The molecule has 4 fully saturated rings. The summed E-state index contributed by atoms with van der Waals surface area (Å²) in [6.07, 6.45) is -0.420. The molecule has 0 amide bonds. The van der Waals surface area contributed by atoms with E-state index < -0.39 is 42.3 Å². The first-order valence-corrected chi connectivity index (χ1v) is 11.3. The Labute approximate surface area is 174 Å². The van der Waals surface area contributed by atoms with E-state index in [0.717, 1.165) is 31.1 Å². The lowest BCUT2D eigenvalue weighted by atomic mass is 9.74. The van der Waals surface area contributed by atoms with Gasteiger partial charge in [-0.25, -0.2) is 0 Å². The van der Waals surface area contributed by atoms with Crippen LogP contribution in [0.3, 0.4) is 0 Å². The highest BCUT2D eigenvalue weighted by atomic mass is 16.7. The lowest BCUT2D eigenvalue weighted by Gasteiger charge is -2.47. The molecule has 2 N–H and O–H groups in total. The number of hydrogen-bond acceptors (Lipinski definition) is 6. The Morgan fingerprint density at radius 3 is 2.38 bits per heavy atom. The summed E-state index contributed by atoms with van der Waals surface area (Å²) in [6, 6.07) is 0. The first-order valence-electron chi connectivity index (χ1n) is 11.3. The van der Waals surface area contributed by atoms with Crippen molar-refractivity contribution < 1.29 is 29.2 Å². The fourth-order valence-corrected chi connectivity index (χ4v) is 7.14. The van der Waals surface area contributed by atoms with E-state index in [9.17, 15) is 15.0 Å². The van der Waals surface area contributed by atoms with Crippen molar-refractivity contribution in [1.29, 1.82) is 0 Å². The molecule has 29 heavy (non-hydrogen) atoms.